The lowest BCUT2D eigenvalue weighted by molar-refractivity contribution is -0.125. The van der Waals surface area contributed by atoms with Gasteiger partial charge >= 0.3 is 6.09 Å². The maximum Gasteiger partial charge on any atom is 0.414 e. The molecule has 0 saturated carbocycles. The van der Waals surface area contributed by atoms with Crippen LogP contribution in [0.4, 0.5) is 16.2 Å². The highest BCUT2D eigenvalue weighted by Crippen LogP contribution is 2.25. The summed E-state index contributed by atoms with van der Waals surface area (Å²) in [6, 6.07) is 10.2. The molecule has 2 aliphatic rings. The number of halogens is 1. The van der Waals surface area contributed by atoms with Crippen molar-refractivity contribution < 1.29 is 23.9 Å². The molecule has 2 aliphatic heterocycles. The van der Waals surface area contributed by atoms with E-state index in [-0.39, 0.29) is 30.7 Å². The van der Waals surface area contributed by atoms with E-state index in [0.29, 0.717) is 30.4 Å². The Morgan fingerprint density at radius 2 is 1.87 bits per heavy atom. The fourth-order valence-corrected chi connectivity index (χ4v) is 3.36. The predicted octanol–water partition coefficient (Wildman–Crippen LogP) is 1.85. The molecule has 2 saturated heterocycles. The summed E-state index contributed by atoms with van der Waals surface area (Å²) in [7, 11) is 0. The van der Waals surface area contributed by atoms with Crippen molar-refractivity contribution >= 4 is 40.9 Å². The van der Waals surface area contributed by atoms with Crippen molar-refractivity contribution in [2.75, 3.05) is 42.6 Å². The molecule has 0 aliphatic carbocycles. The minimum Gasteiger partial charge on any atom is -0.442 e. The van der Waals surface area contributed by atoms with Crippen molar-refractivity contribution in [1.29, 1.82) is 0 Å². The third-order valence-corrected chi connectivity index (χ3v) is 5.01. The zero-order chi connectivity index (χ0) is 21.1. The summed E-state index contributed by atoms with van der Waals surface area (Å²) in [6.45, 7) is 1.51. The molecule has 4 rings (SSSR count). The summed E-state index contributed by atoms with van der Waals surface area (Å²) in [5.74, 6) is -0.471. The zero-order valence-electron chi connectivity index (χ0n) is 15.9. The Kier molecular flexibility index (Phi) is 5.82. The number of nitrogens with zero attached hydrogens (tertiary/aromatic N) is 3. The van der Waals surface area contributed by atoms with Gasteiger partial charge in [-0.25, -0.2) is 9.78 Å². The molecule has 0 bridgehead atoms. The average Bonchev–Trinajstić information content (AvgIpc) is 3.13. The van der Waals surface area contributed by atoms with E-state index in [9.17, 15) is 14.4 Å². The van der Waals surface area contributed by atoms with Gasteiger partial charge in [0.1, 0.15) is 18.4 Å². The Balaban J connectivity index is 1.34. The van der Waals surface area contributed by atoms with E-state index in [1.165, 1.54) is 17.2 Å². The van der Waals surface area contributed by atoms with Gasteiger partial charge in [-0.2, -0.15) is 0 Å². The number of hydrogen-bond acceptors (Lipinski definition) is 6. The van der Waals surface area contributed by atoms with E-state index in [1.54, 1.807) is 35.2 Å². The highest BCUT2D eigenvalue weighted by atomic mass is 35.5. The quantitative estimate of drug-likeness (QED) is 0.776. The van der Waals surface area contributed by atoms with Crippen molar-refractivity contribution in [1.82, 2.24) is 10.3 Å². The second-order valence-electron chi connectivity index (χ2n) is 6.80. The van der Waals surface area contributed by atoms with Gasteiger partial charge in [0, 0.05) is 24.1 Å². The molecule has 30 heavy (non-hydrogen) atoms. The Morgan fingerprint density at radius 1 is 1.13 bits per heavy atom. The van der Waals surface area contributed by atoms with Crippen LogP contribution in [-0.4, -0.2) is 61.8 Å². The van der Waals surface area contributed by atoms with Crippen molar-refractivity contribution in [3.63, 3.8) is 0 Å². The molecule has 1 aromatic heterocycles. The van der Waals surface area contributed by atoms with Gasteiger partial charge in [0.2, 0.25) is 0 Å². The third kappa shape index (κ3) is 4.37. The number of amides is 3. The van der Waals surface area contributed by atoms with Crippen LogP contribution in [0.1, 0.15) is 10.5 Å². The summed E-state index contributed by atoms with van der Waals surface area (Å²) in [5.41, 5.74) is 1.63. The number of rotatable bonds is 5. The first-order valence-corrected chi connectivity index (χ1v) is 9.75. The number of carbonyl (C=O) groups is 3. The standard InChI is InChI=1S/C20H19ClN4O5/c21-13-1-6-17(22-9-13)19(27)23-10-16-11-25(20(28)30-16)15-4-2-14(3-5-15)24-7-8-29-12-18(24)26/h1-6,9,16H,7-8,10-12H2,(H,23,27)/t16-/m0/s1. The van der Waals surface area contributed by atoms with Crippen molar-refractivity contribution in [3.05, 3.63) is 53.3 Å². The van der Waals surface area contributed by atoms with Gasteiger partial charge in [0.25, 0.3) is 11.8 Å². The molecule has 10 heteroatoms. The lowest BCUT2D eigenvalue weighted by Crippen LogP contribution is -2.41. The van der Waals surface area contributed by atoms with E-state index in [0.717, 1.165) is 5.69 Å². The van der Waals surface area contributed by atoms with Gasteiger partial charge < -0.3 is 19.7 Å². The molecule has 1 N–H and O–H groups in total. The highest BCUT2D eigenvalue weighted by Gasteiger charge is 2.33. The number of anilines is 2. The summed E-state index contributed by atoms with van der Waals surface area (Å²) < 4.78 is 10.5. The smallest absolute Gasteiger partial charge is 0.414 e. The summed E-state index contributed by atoms with van der Waals surface area (Å²) in [5, 5.41) is 3.15. The monoisotopic (exact) mass is 430 g/mol. The molecule has 2 fully saturated rings. The highest BCUT2D eigenvalue weighted by molar-refractivity contribution is 6.30. The largest absolute Gasteiger partial charge is 0.442 e. The lowest BCUT2D eigenvalue weighted by atomic mass is 10.2. The van der Waals surface area contributed by atoms with Crippen LogP contribution in [0.5, 0.6) is 0 Å². The maximum absolute atomic E-state index is 12.3. The topological polar surface area (TPSA) is 101 Å². The molecule has 3 amide bonds. The van der Waals surface area contributed by atoms with E-state index >= 15 is 0 Å². The molecular formula is C20H19ClN4O5. The number of aromatic nitrogens is 1. The number of benzene rings is 1. The number of cyclic esters (lactones) is 1. The molecular weight excluding hydrogens is 412 g/mol. The predicted molar refractivity (Wildman–Crippen MR) is 109 cm³/mol. The zero-order valence-corrected chi connectivity index (χ0v) is 16.7. The summed E-state index contributed by atoms with van der Waals surface area (Å²) >= 11 is 5.77. The molecule has 9 nitrogen and oxygen atoms in total. The molecule has 1 atom stereocenters. The number of ether oxygens (including phenoxy) is 2. The number of nitrogens with one attached hydrogen (secondary N) is 1. The van der Waals surface area contributed by atoms with Crippen LogP contribution in [0.25, 0.3) is 0 Å². The van der Waals surface area contributed by atoms with Gasteiger partial charge in [0.05, 0.1) is 24.7 Å². The number of carbonyl (C=O) groups excluding carboxylic acids is 3. The first-order chi connectivity index (χ1) is 14.5. The number of hydrogen-bond donors (Lipinski definition) is 1. The van der Waals surface area contributed by atoms with Crippen molar-refractivity contribution in [2.45, 2.75) is 6.10 Å². The van der Waals surface area contributed by atoms with E-state index in [2.05, 4.69) is 10.3 Å². The van der Waals surface area contributed by atoms with Crippen molar-refractivity contribution in [3.8, 4) is 0 Å². The van der Waals surface area contributed by atoms with Gasteiger partial charge in [-0.05, 0) is 36.4 Å². The van der Waals surface area contributed by atoms with Gasteiger partial charge in [-0.1, -0.05) is 11.6 Å². The fraction of sp³-hybridized carbons (Fsp3) is 0.300. The molecule has 1 aromatic carbocycles. The van der Waals surface area contributed by atoms with Crippen LogP contribution >= 0.6 is 11.6 Å². The third-order valence-electron chi connectivity index (χ3n) is 4.78. The Labute approximate surface area is 177 Å². The Hall–Kier alpha value is -3.17. The van der Waals surface area contributed by atoms with E-state index in [4.69, 9.17) is 21.1 Å². The van der Waals surface area contributed by atoms with Crippen LogP contribution in [-0.2, 0) is 14.3 Å². The number of morpholine rings is 1. The Bertz CT molecular complexity index is 951. The minimum absolute atomic E-state index is 0.0686. The van der Waals surface area contributed by atoms with Crippen LogP contribution < -0.4 is 15.1 Å². The SMILES string of the molecule is O=C(NC[C@H]1CN(c2ccc(N3CCOCC3=O)cc2)C(=O)O1)c1ccc(Cl)cn1. The van der Waals surface area contributed by atoms with Crippen LogP contribution in [0, 0.1) is 0 Å². The normalized spacial score (nSPS) is 19.0. The Morgan fingerprint density at radius 3 is 2.53 bits per heavy atom. The second-order valence-corrected chi connectivity index (χ2v) is 7.24. The lowest BCUT2D eigenvalue weighted by Gasteiger charge is -2.27. The second kappa shape index (κ2) is 8.68. The number of pyridine rings is 1. The van der Waals surface area contributed by atoms with E-state index in [1.807, 2.05) is 0 Å². The summed E-state index contributed by atoms with van der Waals surface area (Å²) in [6.07, 6.45) is 0.408. The van der Waals surface area contributed by atoms with Crippen LogP contribution in [0.2, 0.25) is 5.02 Å². The van der Waals surface area contributed by atoms with E-state index < -0.39 is 12.2 Å². The average molecular weight is 431 g/mol. The van der Waals surface area contributed by atoms with Gasteiger partial charge in [-0.15, -0.1) is 0 Å². The molecule has 156 valence electrons. The minimum atomic E-state index is -0.492. The first-order valence-electron chi connectivity index (χ1n) is 9.37. The summed E-state index contributed by atoms with van der Waals surface area (Å²) in [4.78, 5) is 43.4. The molecule has 2 aromatic rings. The first kappa shape index (κ1) is 20.1. The van der Waals surface area contributed by atoms with Gasteiger partial charge in [-0.3, -0.25) is 14.5 Å². The molecule has 0 radical (unpaired) electrons. The van der Waals surface area contributed by atoms with Crippen LogP contribution in [0.3, 0.4) is 0 Å². The maximum atomic E-state index is 12.3. The van der Waals surface area contributed by atoms with Crippen LogP contribution in [0.15, 0.2) is 42.6 Å². The molecule has 0 spiro atoms. The molecule has 0 unspecified atom stereocenters. The molecule has 3 heterocycles. The van der Waals surface area contributed by atoms with Gasteiger partial charge in [0.15, 0.2) is 0 Å². The fourth-order valence-electron chi connectivity index (χ4n) is 3.25. The van der Waals surface area contributed by atoms with Crippen molar-refractivity contribution in [2.24, 2.45) is 0 Å².